The number of hydrogen-bond donors (Lipinski definition) is 2. The van der Waals surface area contributed by atoms with Gasteiger partial charge in [-0.2, -0.15) is 4.98 Å². The van der Waals surface area contributed by atoms with Gasteiger partial charge in [0.15, 0.2) is 0 Å². The molecule has 0 saturated heterocycles. The Kier molecular flexibility index (Phi) is 6.29. The molecule has 0 bridgehead atoms. The molecular weight excluding hydrogens is 338 g/mol. The zero-order valence-electron chi connectivity index (χ0n) is 16.7. The van der Waals surface area contributed by atoms with Crippen molar-refractivity contribution in [3.63, 3.8) is 0 Å². The van der Waals surface area contributed by atoms with Crippen LogP contribution < -0.4 is 15.4 Å². The molecule has 0 fully saturated rings. The van der Waals surface area contributed by atoms with Gasteiger partial charge in [0.25, 0.3) is 0 Å². The van der Waals surface area contributed by atoms with Crippen molar-refractivity contribution in [2.45, 2.75) is 26.7 Å². The fourth-order valence-corrected chi connectivity index (χ4v) is 3.38. The van der Waals surface area contributed by atoms with E-state index in [0.717, 1.165) is 61.0 Å². The lowest BCUT2D eigenvalue weighted by atomic mass is 9.99. The van der Waals surface area contributed by atoms with Gasteiger partial charge in [0, 0.05) is 36.6 Å². The summed E-state index contributed by atoms with van der Waals surface area (Å²) < 4.78 is 5.63. The monoisotopic (exact) mass is 367 g/mol. The molecule has 6 nitrogen and oxygen atoms in total. The predicted molar refractivity (Wildman–Crippen MR) is 112 cm³/mol. The van der Waals surface area contributed by atoms with E-state index in [1.54, 1.807) is 7.11 Å². The van der Waals surface area contributed by atoms with Crippen molar-refractivity contribution in [3.8, 4) is 5.75 Å². The molecule has 0 saturated carbocycles. The molecule has 0 radical (unpaired) electrons. The third kappa shape index (κ3) is 4.77. The highest BCUT2D eigenvalue weighted by molar-refractivity contribution is 5.75. The van der Waals surface area contributed by atoms with Crippen molar-refractivity contribution in [1.82, 2.24) is 14.9 Å². The van der Waals surface area contributed by atoms with E-state index in [1.165, 1.54) is 5.57 Å². The molecule has 2 N–H and O–H groups in total. The number of allylic oxidation sites excluding steroid dienone is 1. The Morgan fingerprint density at radius 2 is 2.07 bits per heavy atom. The highest BCUT2D eigenvalue weighted by atomic mass is 16.5. The van der Waals surface area contributed by atoms with Gasteiger partial charge < -0.3 is 15.4 Å². The first-order valence-electron chi connectivity index (χ1n) is 9.53. The van der Waals surface area contributed by atoms with Crippen LogP contribution in [0.15, 0.2) is 30.3 Å². The molecule has 1 aromatic heterocycles. The van der Waals surface area contributed by atoms with Crippen LogP contribution in [-0.2, 0) is 0 Å². The van der Waals surface area contributed by atoms with Crippen molar-refractivity contribution in [2.24, 2.45) is 0 Å². The van der Waals surface area contributed by atoms with Gasteiger partial charge in [0.2, 0.25) is 5.95 Å². The number of likely N-dealkylation sites (N-methyl/N-ethyl adjacent to an activating group) is 1. The Morgan fingerprint density at radius 1 is 1.22 bits per heavy atom. The summed E-state index contributed by atoms with van der Waals surface area (Å²) in [6.45, 7) is 7.38. The molecule has 1 aliphatic rings. The van der Waals surface area contributed by atoms with Gasteiger partial charge in [-0.05, 0) is 56.6 Å². The van der Waals surface area contributed by atoms with E-state index in [0.29, 0.717) is 5.95 Å². The lowest BCUT2D eigenvalue weighted by Gasteiger charge is -2.15. The molecule has 0 spiro atoms. The zero-order chi connectivity index (χ0) is 19.2. The Labute approximate surface area is 161 Å². The average Bonchev–Trinajstić information content (AvgIpc) is 2.93. The van der Waals surface area contributed by atoms with Crippen LogP contribution in [0.1, 0.15) is 31.0 Å². The number of nitrogens with zero attached hydrogens (tertiary/aromatic N) is 3. The van der Waals surface area contributed by atoms with E-state index < -0.39 is 0 Å². The normalized spacial score (nSPS) is 15.0. The average molecular weight is 367 g/mol. The SMILES string of the molecule is CCN1CC=C(c2cc(Nc3nc(C)cc(NC)n3)ccc2OC)CCC1. The molecule has 1 aromatic carbocycles. The summed E-state index contributed by atoms with van der Waals surface area (Å²) >= 11 is 0. The summed E-state index contributed by atoms with van der Waals surface area (Å²) in [5, 5.41) is 6.40. The second-order valence-electron chi connectivity index (χ2n) is 6.73. The molecule has 0 atom stereocenters. The Hall–Kier alpha value is -2.60. The second-order valence-corrected chi connectivity index (χ2v) is 6.73. The number of ether oxygens (including phenoxy) is 1. The summed E-state index contributed by atoms with van der Waals surface area (Å²) in [6.07, 6.45) is 4.55. The number of benzene rings is 1. The maximum atomic E-state index is 5.63. The van der Waals surface area contributed by atoms with Crippen LogP contribution in [0.25, 0.3) is 5.57 Å². The fraction of sp³-hybridized carbons (Fsp3) is 0.429. The molecule has 144 valence electrons. The lowest BCUT2D eigenvalue weighted by Crippen LogP contribution is -2.23. The Bertz CT molecular complexity index is 818. The van der Waals surface area contributed by atoms with E-state index in [9.17, 15) is 0 Å². The smallest absolute Gasteiger partial charge is 0.229 e. The van der Waals surface area contributed by atoms with Gasteiger partial charge in [0.1, 0.15) is 11.6 Å². The van der Waals surface area contributed by atoms with E-state index in [-0.39, 0.29) is 0 Å². The van der Waals surface area contributed by atoms with Gasteiger partial charge >= 0.3 is 0 Å². The van der Waals surface area contributed by atoms with E-state index >= 15 is 0 Å². The van der Waals surface area contributed by atoms with Gasteiger partial charge in [-0.25, -0.2) is 4.98 Å². The molecule has 1 aliphatic heterocycles. The Balaban J connectivity index is 1.89. The first-order chi connectivity index (χ1) is 13.1. The number of methoxy groups -OCH3 is 1. The van der Waals surface area contributed by atoms with Crippen molar-refractivity contribution >= 4 is 23.0 Å². The van der Waals surface area contributed by atoms with Crippen LogP contribution in [0.4, 0.5) is 17.5 Å². The molecule has 0 aliphatic carbocycles. The third-order valence-corrected chi connectivity index (χ3v) is 4.88. The molecule has 2 aromatic rings. The molecule has 2 heterocycles. The largest absolute Gasteiger partial charge is 0.496 e. The molecule has 6 heteroatoms. The standard InChI is InChI=1S/C21H29N5O/c1-5-26-11-6-7-16(10-12-26)18-14-17(8-9-19(18)27-4)24-21-23-15(2)13-20(22-3)25-21/h8-10,13-14H,5-7,11-12H2,1-4H3,(H2,22,23,24,25). The van der Waals surface area contributed by atoms with E-state index in [2.05, 4.69) is 44.6 Å². The quantitative estimate of drug-likeness (QED) is 0.802. The minimum absolute atomic E-state index is 0.586. The van der Waals surface area contributed by atoms with Crippen molar-refractivity contribution in [3.05, 3.63) is 41.6 Å². The predicted octanol–water partition coefficient (Wildman–Crippen LogP) is 4.08. The van der Waals surface area contributed by atoms with Gasteiger partial charge in [-0.15, -0.1) is 0 Å². The number of aryl methyl sites for hydroxylation is 1. The minimum atomic E-state index is 0.586. The van der Waals surface area contributed by atoms with Gasteiger partial charge in [-0.3, -0.25) is 4.90 Å². The summed E-state index contributed by atoms with van der Waals surface area (Å²) in [7, 11) is 3.58. The molecule has 27 heavy (non-hydrogen) atoms. The maximum absolute atomic E-state index is 5.63. The number of nitrogens with one attached hydrogen (secondary N) is 2. The van der Waals surface area contributed by atoms with Crippen molar-refractivity contribution in [1.29, 1.82) is 0 Å². The first-order valence-corrected chi connectivity index (χ1v) is 9.53. The topological polar surface area (TPSA) is 62.3 Å². The van der Waals surface area contributed by atoms with E-state index in [1.807, 2.05) is 32.2 Å². The molecule has 0 amide bonds. The van der Waals surface area contributed by atoms with E-state index in [4.69, 9.17) is 4.74 Å². The Morgan fingerprint density at radius 3 is 2.81 bits per heavy atom. The van der Waals surface area contributed by atoms with Crippen molar-refractivity contribution < 1.29 is 4.74 Å². The number of aromatic nitrogens is 2. The van der Waals surface area contributed by atoms with Crippen molar-refractivity contribution in [2.75, 3.05) is 44.4 Å². The highest BCUT2D eigenvalue weighted by Gasteiger charge is 2.14. The maximum Gasteiger partial charge on any atom is 0.229 e. The van der Waals surface area contributed by atoms with Crippen LogP contribution in [0.5, 0.6) is 5.75 Å². The van der Waals surface area contributed by atoms with Gasteiger partial charge in [-0.1, -0.05) is 13.0 Å². The lowest BCUT2D eigenvalue weighted by molar-refractivity contribution is 0.321. The second kappa shape index (κ2) is 8.86. The minimum Gasteiger partial charge on any atom is -0.496 e. The first kappa shape index (κ1) is 19.2. The molecular formula is C21H29N5O. The summed E-state index contributed by atoms with van der Waals surface area (Å²) in [5.41, 5.74) is 4.35. The van der Waals surface area contributed by atoms with Crippen LogP contribution >= 0.6 is 0 Å². The highest BCUT2D eigenvalue weighted by Crippen LogP contribution is 2.33. The molecule has 3 rings (SSSR count). The zero-order valence-corrected chi connectivity index (χ0v) is 16.7. The number of anilines is 3. The summed E-state index contributed by atoms with van der Waals surface area (Å²) in [4.78, 5) is 11.4. The third-order valence-electron chi connectivity index (χ3n) is 4.88. The van der Waals surface area contributed by atoms with Crippen LogP contribution in [0.2, 0.25) is 0 Å². The van der Waals surface area contributed by atoms with Crippen LogP contribution in [0.3, 0.4) is 0 Å². The number of hydrogen-bond acceptors (Lipinski definition) is 6. The van der Waals surface area contributed by atoms with Crippen LogP contribution in [0, 0.1) is 6.92 Å². The summed E-state index contributed by atoms with van der Waals surface area (Å²) in [6, 6.07) is 8.07. The summed E-state index contributed by atoms with van der Waals surface area (Å²) in [5.74, 6) is 2.28. The van der Waals surface area contributed by atoms with Crippen LogP contribution in [-0.4, -0.2) is 48.7 Å². The fourth-order valence-electron chi connectivity index (χ4n) is 3.38. The molecule has 0 unspecified atom stereocenters. The number of rotatable bonds is 6. The van der Waals surface area contributed by atoms with Gasteiger partial charge in [0.05, 0.1) is 7.11 Å².